The third-order valence-electron chi connectivity index (χ3n) is 2.89. The summed E-state index contributed by atoms with van der Waals surface area (Å²) < 4.78 is 5.81. The van der Waals surface area contributed by atoms with Gasteiger partial charge in [-0.15, -0.1) is 5.10 Å². The third-order valence-corrected chi connectivity index (χ3v) is 3.41. The molecule has 2 atom stereocenters. The molecule has 2 rings (SSSR count). The Morgan fingerprint density at radius 2 is 2.35 bits per heavy atom. The maximum absolute atomic E-state index is 6.04. The van der Waals surface area contributed by atoms with Crippen LogP contribution in [0.25, 0.3) is 0 Å². The molecular weight excluding hydrogens is 234 g/mol. The van der Waals surface area contributed by atoms with Crippen molar-refractivity contribution in [3.8, 4) is 0 Å². The van der Waals surface area contributed by atoms with Gasteiger partial charge in [0, 0.05) is 24.0 Å². The molecule has 2 aromatic heterocycles. The van der Waals surface area contributed by atoms with Crippen molar-refractivity contribution in [1.82, 2.24) is 19.4 Å². The number of hydrogen-bond donors (Lipinski definition) is 1. The largest absolute Gasteiger partial charge is 0.322 e. The summed E-state index contributed by atoms with van der Waals surface area (Å²) in [5.41, 5.74) is 7.89. The molecule has 92 valence electrons. The van der Waals surface area contributed by atoms with E-state index in [2.05, 4.69) is 28.5 Å². The first-order chi connectivity index (χ1) is 8.20. The SMILES string of the molecule is CCC(C)n1ccc(CC(N)c2csnn2)n1. The molecule has 0 amide bonds. The summed E-state index contributed by atoms with van der Waals surface area (Å²) in [6.07, 6.45) is 3.79. The summed E-state index contributed by atoms with van der Waals surface area (Å²) in [5, 5.41) is 10.4. The first-order valence-electron chi connectivity index (χ1n) is 5.77. The van der Waals surface area contributed by atoms with E-state index in [0.29, 0.717) is 12.5 Å². The molecule has 0 aliphatic rings. The Bertz CT molecular complexity index is 450. The van der Waals surface area contributed by atoms with Crippen LogP contribution in [-0.4, -0.2) is 19.4 Å². The molecule has 2 heterocycles. The normalized spacial score (nSPS) is 14.8. The summed E-state index contributed by atoms with van der Waals surface area (Å²) in [4.78, 5) is 0. The van der Waals surface area contributed by atoms with Gasteiger partial charge in [0.05, 0.1) is 17.4 Å². The molecule has 0 aliphatic heterocycles. The molecule has 2 N–H and O–H groups in total. The lowest BCUT2D eigenvalue weighted by molar-refractivity contribution is 0.471. The minimum absolute atomic E-state index is 0.117. The van der Waals surface area contributed by atoms with Crippen LogP contribution in [0.1, 0.15) is 43.7 Å². The second-order valence-electron chi connectivity index (χ2n) is 4.18. The molecule has 0 fully saturated rings. The molecule has 17 heavy (non-hydrogen) atoms. The zero-order valence-corrected chi connectivity index (χ0v) is 10.9. The van der Waals surface area contributed by atoms with Crippen LogP contribution in [0.4, 0.5) is 0 Å². The van der Waals surface area contributed by atoms with Gasteiger partial charge >= 0.3 is 0 Å². The Balaban J connectivity index is 2.02. The van der Waals surface area contributed by atoms with Crippen LogP contribution in [0.3, 0.4) is 0 Å². The van der Waals surface area contributed by atoms with Gasteiger partial charge in [-0.25, -0.2) is 0 Å². The summed E-state index contributed by atoms with van der Waals surface area (Å²) in [5.74, 6) is 0. The molecule has 2 unspecified atom stereocenters. The van der Waals surface area contributed by atoms with Gasteiger partial charge in [0.1, 0.15) is 0 Å². The molecule has 5 nitrogen and oxygen atoms in total. The van der Waals surface area contributed by atoms with E-state index in [0.717, 1.165) is 17.8 Å². The van der Waals surface area contributed by atoms with Crippen LogP contribution in [-0.2, 0) is 6.42 Å². The Labute approximate surface area is 105 Å². The molecule has 0 spiro atoms. The lowest BCUT2D eigenvalue weighted by Gasteiger charge is -2.09. The zero-order chi connectivity index (χ0) is 12.3. The second kappa shape index (κ2) is 5.37. The van der Waals surface area contributed by atoms with Gasteiger partial charge in [0.2, 0.25) is 0 Å². The van der Waals surface area contributed by atoms with E-state index in [-0.39, 0.29) is 6.04 Å². The molecule has 0 aromatic carbocycles. The molecule has 6 heteroatoms. The van der Waals surface area contributed by atoms with E-state index in [4.69, 9.17) is 5.73 Å². The van der Waals surface area contributed by atoms with Gasteiger partial charge < -0.3 is 5.73 Å². The molecule has 0 saturated heterocycles. The van der Waals surface area contributed by atoms with Gasteiger partial charge in [-0.05, 0) is 30.9 Å². The predicted molar refractivity (Wildman–Crippen MR) is 67.8 cm³/mol. The summed E-state index contributed by atoms with van der Waals surface area (Å²) in [6.45, 7) is 4.31. The maximum atomic E-state index is 6.04. The van der Waals surface area contributed by atoms with E-state index in [1.807, 2.05) is 22.3 Å². The van der Waals surface area contributed by atoms with Crippen molar-refractivity contribution in [3.63, 3.8) is 0 Å². The number of nitrogens with zero attached hydrogens (tertiary/aromatic N) is 4. The highest BCUT2D eigenvalue weighted by Gasteiger charge is 2.12. The highest BCUT2D eigenvalue weighted by atomic mass is 32.1. The van der Waals surface area contributed by atoms with Crippen molar-refractivity contribution in [2.45, 2.75) is 38.8 Å². The molecule has 0 saturated carbocycles. The van der Waals surface area contributed by atoms with E-state index >= 15 is 0 Å². The minimum Gasteiger partial charge on any atom is -0.322 e. The van der Waals surface area contributed by atoms with Gasteiger partial charge in [-0.1, -0.05) is 11.4 Å². The number of hydrogen-bond acceptors (Lipinski definition) is 5. The molecule has 0 aliphatic carbocycles. The van der Waals surface area contributed by atoms with Gasteiger partial charge in [-0.3, -0.25) is 4.68 Å². The fourth-order valence-electron chi connectivity index (χ4n) is 1.58. The minimum atomic E-state index is -0.117. The van der Waals surface area contributed by atoms with Gasteiger partial charge in [-0.2, -0.15) is 5.10 Å². The van der Waals surface area contributed by atoms with Crippen LogP contribution < -0.4 is 5.73 Å². The first kappa shape index (κ1) is 12.2. The first-order valence-corrected chi connectivity index (χ1v) is 6.61. The van der Waals surface area contributed by atoms with E-state index < -0.39 is 0 Å². The predicted octanol–water partition coefficient (Wildman–Crippen LogP) is 1.95. The smallest absolute Gasteiger partial charge is 0.0926 e. The molecule has 0 radical (unpaired) electrons. The Kier molecular flexibility index (Phi) is 3.86. The van der Waals surface area contributed by atoms with Crippen LogP contribution in [0.5, 0.6) is 0 Å². The third kappa shape index (κ3) is 2.89. The maximum Gasteiger partial charge on any atom is 0.0926 e. The lowest BCUT2D eigenvalue weighted by Crippen LogP contribution is -2.14. The van der Waals surface area contributed by atoms with Crippen molar-refractivity contribution in [2.75, 3.05) is 0 Å². The Morgan fingerprint density at radius 1 is 1.53 bits per heavy atom. The second-order valence-corrected chi connectivity index (χ2v) is 4.79. The lowest BCUT2D eigenvalue weighted by atomic mass is 10.1. The highest BCUT2D eigenvalue weighted by molar-refractivity contribution is 7.03. The fraction of sp³-hybridized carbons (Fsp3) is 0.545. The van der Waals surface area contributed by atoms with Crippen molar-refractivity contribution in [1.29, 1.82) is 0 Å². The highest BCUT2D eigenvalue weighted by Crippen LogP contribution is 2.15. The van der Waals surface area contributed by atoms with E-state index in [1.165, 1.54) is 11.5 Å². The van der Waals surface area contributed by atoms with E-state index in [1.54, 1.807) is 0 Å². The van der Waals surface area contributed by atoms with E-state index in [9.17, 15) is 0 Å². The average Bonchev–Trinajstić information content (AvgIpc) is 2.98. The van der Waals surface area contributed by atoms with Crippen molar-refractivity contribution >= 4 is 11.5 Å². The van der Waals surface area contributed by atoms with Crippen molar-refractivity contribution in [2.24, 2.45) is 5.73 Å². The van der Waals surface area contributed by atoms with Crippen LogP contribution in [0, 0.1) is 0 Å². The van der Waals surface area contributed by atoms with Crippen molar-refractivity contribution in [3.05, 3.63) is 29.0 Å². The standard InChI is InChI=1S/C11H17N5S/c1-3-8(2)16-5-4-9(14-16)6-10(12)11-7-17-15-13-11/h4-5,7-8,10H,3,6,12H2,1-2H3. The summed E-state index contributed by atoms with van der Waals surface area (Å²) in [6, 6.07) is 2.33. The fourth-order valence-corrected chi connectivity index (χ4v) is 2.10. The quantitative estimate of drug-likeness (QED) is 0.881. The van der Waals surface area contributed by atoms with Crippen molar-refractivity contribution < 1.29 is 0 Å². The Hall–Kier alpha value is -1.27. The van der Waals surface area contributed by atoms with Gasteiger partial charge in [0.15, 0.2) is 0 Å². The van der Waals surface area contributed by atoms with Gasteiger partial charge in [0.25, 0.3) is 0 Å². The number of nitrogens with two attached hydrogens (primary N) is 1. The monoisotopic (exact) mass is 251 g/mol. The summed E-state index contributed by atoms with van der Waals surface area (Å²) >= 11 is 1.33. The Morgan fingerprint density at radius 3 is 3.00 bits per heavy atom. The molecule has 2 aromatic rings. The van der Waals surface area contributed by atoms with Crippen LogP contribution >= 0.6 is 11.5 Å². The zero-order valence-electron chi connectivity index (χ0n) is 10.1. The van der Waals surface area contributed by atoms with Crippen LogP contribution in [0.2, 0.25) is 0 Å². The molecule has 0 bridgehead atoms. The average molecular weight is 251 g/mol. The summed E-state index contributed by atoms with van der Waals surface area (Å²) in [7, 11) is 0. The van der Waals surface area contributed by atoms with Crippen LogP contribution in [0.15, 0.2) is 17.6 Å². The number of aromatic nitrogens is 4. The molecular formula is C11H17N5S. The topological polar surface area (TPSA) is 69.6 Å². The number of rotatable bonds is 5.